The molecule has 0 fully saturated rings. The summed E-state index contributed by atoms with van der Waals surface area (Å²) in [5.74, 6) is -0.320. The van der Waals surface area contributed by atoms with E-state index in [4.69, 9.17) is 0 Å². The highest BCUT2D eigenvalue weighted by molar-refractivity contribution is 5.89. The zero-order chi connectivity index (χ0) is 16.9. The Morgan fingerprint density at radius 3 is 2.71 bits per heavy atom. The van der Waals surface area contributed by atoms with Crippen LogP contribution in [0.5, 0.6) is 0 Å². The van der Waals surface area contributed by atoms with Gasteiger partial charge in [-0.05, 0) is 52.4 Å². The predicted octanol–water partition coefficient (Wildman–Crippen LogP) is 2.47. The van der Waals surface area contributed by atoms with E-state index in [0.717, 1.165) is 11.3 Å². The van der Waals surface area contributed by atoms with Gasteiger partial charge in [-0.15, -0.1) is 5.10 Å². The van der Waals surface area contributed by atoms with Crippen LogP contribution in [0.1, 0.15) is 5.56 Å². The van der Waals surface area contributed by atoms with Crippen LogP contribution in [-0.2, 0) is 6.54 Å². The number of aromatic nitrogens is 4. The van der Waals surface area contributed by atoms with Gasteiger partial charge < -0.3 is 10.2 Å². The van der Waals surface area contributed by atoms with E-state index in [1.54, 1.807) is 43.4 Å². The minimum Gasteiger partial charge on any atom is -0.323 e. The number of carbonyl (C=O) groups excluding carboxylic acids is 1. The number of hydrogen-bond donors (Lipinski definition) is 1. The van der Waals surface area contributed by atoms with Gasteiger partial charge in [0.15, 0.2) is 0 Å². The fourth-order valence-corrected chi connectivity index (χ4v) is 2.18. The summed E-state index contributed by atoms with van der Waals surface area (Å²) in [7, 11) is 1.65. The molecule has 3 aromatic rings. The van der Waals surface area contributed by atoms with Gasteiger partial charge in [0.05, 0.1) is 5.69 Å². The standard InChI is InChI=1S/C16H15FN6O/c1-22(10-12-3-2-4-13(17)9-12)16(24)19-14-5-7-15(8-6-14)23-11-18-20-21-23/h2-9,11H,10H2,1H3,(H,19,24). The maximum absolute atomic E-state index is 13.2. The van der Waals surface area contributed by atoms with E-state index >= 15 is 0 Å². The lowest BCUT2D eigenvalue weighted by atomic mass is 10.2. The molecule has 0 atom stereocenters. The average molecular weight is 326 g/mol. The minimum absolute atomic E-state index is 0.283. The molecule has 1 N–H and O–H groups in total. The number of amides is 2. The number of nitrogens with one attached hydrogen (secondary N) is 1. The SMILES string of the molecule is CN(Cc1cccc(F)c1)C(=O)Nc1ccc(-n2cnnn2)cc1. The summed E-state index contributed by atoms with van der Waals surface area (Å²) in [5.41, 5.74) is 2.15. The third kappa shape index (κ3) is 3.72. The number of benzene rings is 2. The number of urea groups is 1. The first-order chi connectivity index (χ1) is 11.6. The third-order valence-electron chi connectivity index (χ3n) is 3.39. The van der Waals surface area contributed by atoms with Gasteiger partial charge in [-0.25, -0.2) is 13.9 Å². The van der Waals surface area contributed by atoms with E-state index in [-0.39, 0.29) is 11.8 Å². The molecule has 0 saturated heterocycles. The number of tetrazole rings is 1. The molecule has 2 aromatic carbocycles. The molecule has 0 unspecified atom stereocenters. The van der Waals surface area contributed by atoms with E-state index in [1.165, 1.54) is 28.0 Å². The van der Waals surface area contributed by atoms with Gasteiger partial charge in [0.2, 0.25) is 0 Å². The highest BCUT2D eigenvalue weighted by Crippen LogP contribution is 2.13. The van der Waals surface area contributed by atoms with Crippen LogP contribution >= 0.6 is 0 Å². The molecule has 1 heterocycles. The highest BCUT2D eigenvalue weighted by atomic mass is 19.1. The second kappa shape index (κ2) is 6.86. The molecular weight excluding hydrogens is 311 g/mol. The number of carbonyl (C=O) groups is 1. The molecule has 122 valence electrons. The Kier molecular flexibility index (Phi) is 4.46. The van der Waals surface area contributed by atoms with Crippen molar-refractivity contribution in [3.05, 3.63) is 66.2 Å². The van der Waals surface area contributed by atoms with Crippen molar-refractivity contribution in [1.82, 2.24) is 25.1 Å². The van der Waals surface area contributed by atoms with Crippen LogP contribution in [0.4, 0.5) is 14.9 Å². The fraction of sp³-hybridized carbons (Fsp3) is 0.125. The van der Waals surface area contributed by atoms with Crippen LogP contribution in [0.15, 0.2) is 54.9 Å². The molecule has 0 radical (unpaired) electrons. The Morgan fingerprint density at radius 2 is 2.04 bits per heavy atom. The molecule has 0 bridgehead atoms. The zero-order valence-corrected chi connectivity index (χ0v) is 12.9. The first kappa shape index (κ1) is 15.6. The van der Waals surface area contributed by atoms with Gasteiger partial charge in [0.1, 0.15) is 12.1 Å². The van der Waals surface area contributed by atoms with Crippen molar-refractivity contribution in [3.63, 3.8) is 0 Å². The summed E-state index contributed by atoms with van der Waals surface area (Å²) < 4.78 is 14.7. The molecule has 0 saturated carbocycles. The van der Waals surface area contributed by atoms with Crippen molar-refractivity contribution in [2.24, 2.45) is 0 Å². The molecule has 0 aliphatic carbocycles. The second-order valence-corrected chi connectivity index (χ2v) is 5.22. The highest BCUT2D eigenvalue weighted by Gasteiger charge is 2.10. The summed E-state index contributed by atoms with van der Waals surface area (Å²) in [5, 5.41) is 13.7. The van der Waals surface area contributed by atoms with Gasteiger partial charge in [-0.2, -0.15) is 0 Å². The summed E-state index contributed by atoms with van der Waals surface area (Å²) in [6, 6.07) is 13.0. The van der Waals surface area contributed by atoms with Crippen LogP contribution < -0.4 is 5.32 Å². The molecule has 24 heavy (non-hydrogen) atoms. The topological polar surface area (TPSA) is 75.9 Å². The summed E-state index contributed by atoms with van der Waals surface area (Å²) in [6.07, 6.45) is 1.49. The van der Waals surface area contributed by atoms with E-state index in [0.29, 0.717) is 12.2 Å². The third-order valence-corrected chi connectivity index (χ3v) is 3.39. The Hall–Kier alpha value is -3.29. The molecule has 3 rings (SSSR count). The summed E-state index contributed by atoms with van der Waals surface area (Å²) >= 11 is 0. The van der Waals surface area contributed by atoms with Crippen molar-refractivity contribution >= 4 is 11.7 Å². The van der Waals surface area contributed by atoms with Crippen molar-refractivity contribution in [2.75, 3.05) is 12.4 Å². The molecule has 0 spiro atoms. The Bertz CT molecular complexity index is 819. The molecule has 1 aromatic heterocycles. The summed E-state index contributed by atoms with van der Waals surface area (Å²) in [6.45, 7) is 0.312. The van der Waals surface area contributed by atoms with Crippen molar-refractivity contribution in [1.29, 1.82) is 0 Å². The van der Waals surface area contributed by atoms with E-state index in [1.807, 2.05) is 0 Å². The van der Waals surface area contributed by atoms with E-state index in [2.05, 4.69) is 20.8 Å². The van der Waals surface area contributed by atoms with Crippen molar-refractivity contribution in [3.8, 4) is 5.69 Å². The molecule has 0 aliphatic rings. The molecule has 7 nitrogen and oxygen atoms in total. The monoisotopic (exact) mass is 326 g/mol. The van der Waals surface area contributed by atoms with Crippen LogP contribution in [0.3, 0.4) is 0 Å². The van der Waals surface area contributed by atoms with Gasteiger partial charge in [0.25, 0.3) is 0 Å². The Labute approximate surface area is 137 Å². The number of nitrogens with zero attached hydrogens (tertiary/aromatic N) is 5. The lowest BCUT2D eigenvalue weighted by Crippen LogP contribution is -2.30. The molecule has 2 amide bonds. The van der Waals surface area contributed by atoms with Crippen LogP contribution in [0.25, 0.3) is 5.69 Å². The lowest BCUT2D eigenvalue weighted by Gasteiger charge is -2.18. The zero-order valence-electron chi connectivity index (χ0n) is 12.9. The lowest BCUT2D eigenvalue weighted by molar-refractivity contribution is 0.220. The Balaban J connectivity index is 1.61. The predicted molar refractivity (Wildman–Crippen MR) is 86.0 cm³/mol. The number of rotatable bonds is 4. The number of halogens is 1. The van der Waals surface area contributed by atoms with E-state index < -0.39 is 0 Å². The molecular formula is C16H15FN6O. The fourth-order valence-electron chi connectivity index (χ4n) is 2.18. The van der Waals surface area contributed by atoms with Crippen molar-refractivity contribution < 1.29 is 9.18 Å². The van der Waals surface area contributed by atoms with Gasteiger partial charge >= 0.3 is 6.03 Å². The normalized spacial score (nSPS) is 10.4. The van der Waals surface area contributed by atoms with Crippen LogP contribution in [0, 0.1) is 5.82 Å². The first-order valence-corrected chi connectivity index (χ1v) is 7.22. The maximum Gasteiger partial charge on any atom is 0.321 e. The second-order valence-electron chi connectivity index (χ2n) is 5.22. The average Bonchev–Trinajstić information content (AvgIpc) is 3.10. The number of hydrogen-bond acceptors (Lipinski definition) is 4. The maximum atomic E-state index is 13.2. The van der Waals surface area contributed by atoms with Gasteiger partial charge in [-0.1, -0.05) is 12.1 Å². The van der Waals surface area contributed by atoms with Crippen molar-refractivity contribution in [2.45, 2.75) is 6.54 Å². The van der Waals surface area contributed by atoms with Crippen LogP contribution in [-0.4, -0.2) is 38.2 Å². The largest absolute Gasteiger partial charge is 0.323 e. The first-order valence-electron chi connectivity index (χ1n) is 7.22. The van der Waals surface area contributed by atoms with Gasteiger partial charge in [-0.3, -0.25) is 0 Å². The minimum atomic E-state index is -0.320. The van der Waals surface area contributed by atoms with Gasteiger partial charge in [0, 0.05) is 19.3 Å². The van der Waals surface area contributed by atoms with Crippen LogP contribution in [0.2, 0.25) is 0 Å². The summed E-state index contributed by atoms with van der Waals surface area (Å²) in [4.78, 5) is 13.7. The quantitative estimate of drug-likeness (QED) is 0.799. The smallest absolute Gasteiger partial charge is 0.321 e. The Morgan fingerprint density at radius 1 is 1.25 bits per heavy atom. The molecule has 0 aliphatic heterocycles. The number of anilines is 1. The van der Waals surface area contributed by atoms with E-state index in [9.17, 15) is 9.18 Å². The molecule has 8 heteroatoms.